The topological polar surface area (TPSA) is 47.6 Å². The fourth-order valence-electron chi connectivity index (χ4n) is 1.46. The van der Waals surface area contributed by atoms with Crippen molar-refractivity contribution < 1.29 is 14.4 Å². The van der Waals surface area contributed by atoms with Gasteiger partial charge in [-0.15, -0.1) is 0 Å². The van der Waals surface area contributed by atoms with Gasteiger partial charge in [0.25, 0.3) is 5.91 Å². The molecule has 0 fully saturated rings. The lowest BCUT2D eigenvalue weighted by atomic mass is 10.1. The summed E-state index contributed by atoms with van der Waals surface area (Å²) in [5.41, 5.74) is 5.68. The van der Waals surface area contributed by atoms with Gasteiger partial charge in [-0.05, 0) is 31.1 Å². The van der Waals surface area contributed by atoms with Gasteiger partial charge in [-0.1, -0.05) is 23.8 Å². The zero-order valence-corrected chi connectivity index (χ0v) is 11.0. The van der Waals surface area contributed by atoms with Gasteiger partial charge in [-0.2, -0.15) is 0 Å². The van der Waals surface area contributed by atoms with E-state index in [0.717, 1.165) is 11.1 Å². The van der Waals surface area contributed by atoms with E-state index in [1.807, 2.05) is 26.0 Å². The summed E-state index contributed by atoms with van der Waals surface area (Å²) in [4.78, 5) is 16.3. The molecule has 18 heavy (non-hydrogen) atoms. The van der Waals surface area contributed by atoms with Gasteiger partial charge in [0.2, 0.25) is 0 Å². The average Bonchev–Trinajstić information content (AvgIpc) is 2.33. The summed E-state index contributed by atoms with van der Waals surface area (Å²) in [5.74, 6) is -0.286. The molecule has 1 N–H and O–H groups in total. The number of hydroxylamine groups is 1. The number of benzene rings is 1. The summed E-state index contributed by atoms with van der Waals surface area (Å²) in [5, 5.41) is 0. The Morgan fingerprint density at radius 2 is 2.11 bits per heavy atom. The Hall–Kier alpha value is -1.65. The number of carbonyl (C=O) groups excluding carboxylic acids is 1. The van der Waals surface area contributed by atoms with Gasteiger partial charge in [-0.3, -0.25) is 9.63 Å². The Bertz CT molecular complexity index is 427. The zero-order chi connectivity index (χ0) is 13.4. The van der Waals surface area contributed by atoms with Crippen LogP contribution in [-0.4, -0.2) is 26.2 Å². The Morgan fingerprint density at radius 3 is 2.78 bits per heavy atom. The molecule has 1 amide bonds. The molecule has 0 saturated heterocycles. The summed E-state index contributed by atoms with van der Waals surface area (Å²) < 4.78 is 4.79. The average molecular weight is 249 g/mol. The third kappa shape index (κ3) is 5.12. The van der Waals surface area contributed by atoms with Crippen LogP contribution < -0.4 is 5.48 Å². The number of rotatable bonds is 6. The van der Waals surface area contributed by atoms with Gasteiger partial charge in [0.05, 0.1) is 13.2 Å². The van der Waals surface area contributed by atoms with E-state index in [-0.39, 0.29) is 5.91 Å². The Morgan fingerprint density at radius 1 is 1.33 bits per heavy atom. The largest absolute Gasteiger partial charge is 0.382 e. The highest BCUT2D eigenvalue weighted by Crippen LogP contribution is 2.11. The van der Waals surface area contributed by atoms with Crippen molar-refractivity contribution in [3.63, 3.8) is 0 Å². The molecule has 0 aliphatic rings. The smallest absolute Gasteiger partial charge is 0.267 e. The molecular weight excluding hydrogens is 230 g/mol. The second kappa shape index (κ2) is 7.63. The minimum atomic E-state index is -0.286. The standard InChI is InChI=1S/C14H19NO3/c1-11-4-5-13(12(2)10-11)6-7-14(16)15-18-9-8-17-3/h4-7,10H,8-9H2,1-3H3,(H,15,16)/b7-6+. The molecule has 0 aromatic heterocycles. The van der Waals surface area contributed by atoms with Crippen LogP contribution in [0.1, 0.15) is 16.7 Å². The molecule has 98 valence electrons. The highest BCUT2D eigenvalue weighted by Gasteiger charge is 1.97. The first-order valence-electron chi connectivity index (χ1n) is 5.79. The number of nitrogens with one attached hydrogen (secondary N) is 1. The Kier molecular flexibility index (Phi) is 6.11. The highest BCUT2D eigenvalue weighted by molar-refractivity contribution is 5.91. The number of carbonyl (C=O) groups is 1. The minimum absolute atomic E-state index is 0.286. The third-order valence-electron chi connectivity index (χ3n) is 2.40. The molecular formula is C14H19NO3. The first-order valence-corrected chi connectivity index (χ1v) is 5.79. The second-order valence-electron chi connectivity index (χ2n) is 4.00. The van der Waals surface area contributed by atoms with Crippen molar-refractivity contribution in [2.75, 3.05) is 20.3 Å². The maximum Gasteiger partial charge on any atom is 0.267 e. The van der Waals surface area contributed by atoms with Crippen LogP contribution >= 0.6 is 0 Å². The van der Waals surface area contributed by atoms with Crippen LogP contribution in [0, 0.1) is 13.8 Å². The molecule has 0 atom stereocenters. The first-order chi connectivity index (χ1) is 8.63. The predicted molar refractivity (Wildman–Crippen MR) is 70.9 cm³/mol. The van der Waals surface area contributed by atoms with Gasteiger partial charge in [0.15, 0.2) is 0 Å². The van der Waals surface area contributed by atoms with E-state index in [9.17, 15) is 4.79 Å². The molecule has 0 spiro atoms. The monoisotopic (exact) mass is 249 g/mol. The molecule has 1 rings (SSSR count). The van der Waals surface area contributed by atoms with Crippen molar-refractivity contribution in [3.8, 4) is 0 Å². The quantitative estimate of drug-likeness (QED) is 0.476. The van der Waals surface area contributed by atoms with Gasteiger partial charge in [0.1, 0.15) is 0 Å². The second-order valence-corrected chi connectivity index (χ2v) is 4.00. The van der Waals surface area contributed by atoms with Crippen molar-refractivity contribution in [2.24, 2.45) is 0 Å². The molecule has 0 unspecified atom stereocenters. The van der Waals surface area contributed by atoms with Gasteiger partial charge in [0, 0.05) is 13.2 Å². The lowest BCUT2D eigenvalue weighted by Gasteiger charge is -2.03. The van der Waals surface area contributed by atoms with Crippen LogP contribution in [0.4, 0.5) is 0 Å². The van der Waals surface area contributed by atoms with Crippen LogP contribution in [0.2, 0.25) is 0 Å². The van der Waals surface area contributed by atoms with Crippen LogP contribution in [0.25, 0.3) is 6.08 Å². The Balaban J connectivity index is 2.45. The number of ether oxygens (including phenoxy) is 1. The van der Waals surface area contributed by atoms with E-state index in [1.165, 1.54) is 11.6 Å². The van der Waals surface area contributed by atoms with Crippen molar-refractivity contribution in [2.45, 2.75) is 13.8 Å². The summed E-state index contributed by atoms with van der Waals surface area (Å²) in [6, 6.07) is 6.08. The van der Waals surface area contributed by atoms with E-state index in [0.29, 0.717) is 13.2 Å². The van der Waals surface area contributed by atoms with E-state index in [1.54, 1.807) is 13.2 Å². The maximum atomic E-state index is 11.4. The van der Waals surface area contributed by atoms with Crippen molar-refractivity contribution in [3.05, 3.63) is 41.0 Å². The summed E-state index contributed by atoms with van der Waals surface area (Å²) in [6.07, 6.45) is 3.22. The lowest BCUT2D eigenvalue weighted by Crippen LogP contribution is -2.23. The van der Waals surface area contributed by atoms with Gasteiger partial charge < -0.3 is 4.74 Å². The van der Waals surface area contributed by atoms with Crippen LogP contribution in [-0.2, 0) is 14.4 Å². The first kappa shape index (κ1) is 14.4. The number of methoxy groups -OCH3 is 1. The molecule has 0 radical (unpaired) electrons. The van der Waals surface area contributed by atoms with Gasteiger partial charge in [-0.25, -0.2) is 5.48 Å². The number of hydrogen-bond donors (Lipinski definition) is 1. The van der Waals surface area contributed by atoms with E-state index in [4.69, 9.17) is 9.57 Å². The minimum Gasteiger partial charge on any atom is -0.382 e. The zero-order valence-electron chi connectivity index (χ0n) is 11.0. The summed E-state index contributed by atoms with van der Waals surface area (Å²) in [7, 11) is 1.57. The predicted octanol–water partition coefficient (Wildman–Crippen LogP) is 2.01. The summed E-state index contributed by atoms with van der Waals surface area (Å²) in [6.45, 7) is 4.83. The van der Waals surface area contributed by atoms with E-state index < -0.39 is 0 Å². The molecule has 4 nitrogen and oxygen atoms in total. The fraction of sp³-hybridized carbons (Fsp3) is 0.357. The summed E-state index contributed by atoms with van der Waals surface area (Å²) >= 11 is 0. The molecule has 0 heterocycles. The van der Waals surface area contributed by atoms with Gasteiger partial charge >= 0.3 is 0 Å². The van der Waals surface area contributed by atoms with Crippen LogP contribution in [0.5, 0.6) is 0 Å². The van der Waals surface area contributed by atoms with Crippen molar-refractivity contribution in [1.82, 2.24) is 5.48 Å². The molecule has 0 aliphatic carbocycles. The van der Waals surface area contributed by atoms with Crippen LogP contribution in [0.3, 0.4) is 0 Å². The fourth-order valence-corrected chi connectivity index (χ4v) is 1.46. The maximum absolute atomic E-state index is 11.4. The van der Waals surface area contributed by atoms with Crippen LogP contribution in [0.15, 0.2) is 24.3 Å². The normalized spacial score (nSPS) is 10.8. The molecule has 1 aromatic rings. The molecule has 0 saturated carbocycles. The molecule has 4 heteroatoms. The molecule has 0 bridgehead atoms. The molecule has 1 aromatic carbocycles. The van der Waals surface area contributed by atoms with Crippen molar-refractivity contribution >= 4 is 12.0 Å². The SMILES string of the molecule is COCCONC(=O)/C=C/c1ccc(C)cc1C. The van der Waals surface area contributed by atoms with E-state index in [2.05, 4.69) is 11.5 Å². The highest BCUT2D eigenvalue weighted by atomic mass is 16.7. The third-order valence-corrected chi connectivity index (χ3v) is 2.40. The van der Waals surface area contributed by atoms with Crippen molar-refractivity contribution in [1.29, 1.82) is 0 Å². The lowest BCUT2D eigenvalue weighted by molar-refractivity contribution is -0.129. The number of amides is 1. The Labute approximate surface area is 108 Å². The number of hydrogen-bond acceptors (Lipinski definition) is 3. The van der Waals surface area contributed by atoms with E-state index >= 15 is 0 Å². The molecule has 0 aliphatic heterocycles. The number of aryl methyl sites for hydroxylation is 2.